The molecule has 0 aromatic rings. The molecule has 0 aromatic carbocycles. The maximum Gasteiger partial charge on any atom is 0.220 e. The van der Waals surface area contributed by atoms with Crippen molar-refractivity contribution in [1.29, 1.82) is 0 Å². The van der Waals surface area contributed by atoms with Crippen LogP contribution in [0.3, 0.4) is 0 Å². The molecule has 0 spiro atoms. The van der Waals surface area contributed by atoms with Crippen LogP contribution in [0.1, 0.15) is 32.1 Å². The van der Waals surface area contributed by atoms with Gasteiger partial charge in [-0.2, -0.15) is 0 Å². The number of likely N-dealkylation sites (tertiary alicyclic amines) is 1. The van der Waals surface area contributed by atoms with E-state index < -0.39 is 10.0 Å². The highest BCUT2D eigenvalue weighted by Gasteiger charge is 2.29. The summed E-state index contributed by atoms with van der Waals surface area (Å²) in [4.78, 5) is 14.3. The van der Waals surface area contributed by atoms with Crippen LogP contribution in [0.15, 0.2) is 0 Å². The summed E-state index contributed by atoms with van der Waals surface area (Å²) in [5, 5.41) is 2.96. The summed E-state index contributed by atoms with van der Waals surface area (Å²) in [6.45, 7) is 4.93. The Morgan fingerprint density at radius 2 is 1.90 bits per heavy atom. The van der Waals surface area contributed by atoms with Crippen LogP contribution in [0, 0.1) is 5.92 Å². The molecule has 0 radical (unpaired) electrons. The van der Waals surface area contributed by atoms with E-state index in [9.17, 15) is 13.2 Å². The molecule has 21 heavy (non-hydrogen) atoms. The van der Waals surface area contributed by atoms with E-state index in [0.29, 0.717) is 26.1 Å². The fourth-order valence-electron chi connectivity index (χ4n) is 3.14. The van der Waals surface area contributed by atoms with Gasteiger partial charge in [-0.25, -0.2) is 12.7 Å². The Balaban J connectivity index is 1.61. The molecule has 2 heterocycles. The monoisotopic (exact) mass is 317 g/mol. The number of nitrogens with one attached hydrogen (secondary N) is 1. The number of nitrogens with zero attached hydrogens (tertiary/aromatic N) is 2. The molecule has 1 N–H and O–H groups in total. The number of hydrogen-bond donors (Lipinski definition) is 1. The molecule has 1 unspecified atom stereocenters. The highest BCUT2D eigenvalue weighted by atomic mass is 32.2. The van der Waals surface area contributed by atoms with Crippen LogP contribution in [0.2, 0.25) is 0 Å². The number of carbonyl (C=O) groups excluding carboxylic acids is 1. The van der Waals surface area contributed by atoms with Gasteiger partial charge in [-0.05, 0) is 38.3 Å². The highest BCUT2D eigenvalue weighted by molar-refractivity contribution is 7.88. The molecule has 2 aliphatic rings. The summed E-state index contributed by atoms with van der Waals surface area (Å²) < 4.78 is 24.3. The lowest BCUT2D eigenvalue weighted by Gasteiger charge is -2.26. The van der Waals surface area contributed by atoms with E-state index in [4.69, 9.17) is 0 Å². The quantitative estimate of drug-likeness (QED) is 0.763. The topological polar surface area (TPSA) is 69.7 Å². The Morgan fingerprint density at radius 1 is 1.19 bits per heavy atom. The fourth-order valence-corrected chi connectivity index (χ4v) is 4.05. The number of piperidine rings is 1. The lowest BCUT2D eigenvalue weighted by atomic mass is 10.0. The van der Waals surface area contributed by atoms with Crippen LogP contribution < -0.4 is 5.32 Å². The minimum atomic E-state index is -3.11. The molecule has 2 aliphatic heterocycles. The van der Waals surface area contributed by atoms with Crippen molar-refractivity contribution in [1.82, 2.24) is 14.5 Å². The average Bonchev–Trinajstić information content (AvgIpc) is 2.88. The van der Waals surface area contributed by atoms with Gasteiger partial charge in [0.2, 0.25) is 15.9 Å². The molecule has 7 heteroatoms. The van der Waals surface area contributed by atoms with E-state index >= 15 is 0 Å². The van der Waals surface area contributed by atoms with Gasteiger partial charge in [-0.15, -0.1) is 0 Å². The Labute approximate surface area is 127 Å². The molecule has 1 atom stereocenters. The third-order valence-electron chi connectivity index (χ3n) is 4.39. The summed E-state index contributed by atoms with van der Waals surface area (Å²) in [5.41, 5.74) is 0. The first kappa shape index (κ1) is 16.7. The third kappa shape index (κ3) is 5.56. The number of carbonyl (C=O) groups is 1. The molecule has 2 rings (SSSR count). The van der Waals surface area contributed by atoms with Crippen molar-refractivity contribution >= 4 is 15.9 Å². The second-order valence-electron chi connectivity index (χ2n) is 6.23. The van der Waals surface area contributed by atoms with Crippen LogP contribution in [-0.2, 0) is 14.8 Å². The van der Waals surface area contributed by atoms with Crippen molar-refractivity contribution in [2.45, 2.75) is 32.1 Å². The number of amides is 1. The number of sulfonamides is 1. The largest absolute Gasteiger partial charge is 0.355 e. The number of hydrogen-bond acceptors (Lipinski definition) is 4. The summed E-state index contributed by atoms with van der Waals surface area (Å²) in [6, 6.07) is 0. The van der Waals surface area contributed by atoms with Gasteiger partial charge in [0.25, 0.3) is 0 Å². The molecule has 0 bridgehead atoms. The maximum absolute atomic E-state index is 11.9. The van der Waals surface area contributed by atoms with E-state index in [0.717, 1.165) is 26.1 Å². The number of rotatable bonds is 6. The molecule has 122 valence electrons. The van der Waals surface area contributed by atoms with Gasteiger partial charge in [0.05, 0.1) is 6.26 Å². The summed E-state index contributed by atoms with van der Waals surface area (Å²) in [6.07, 6.45) is 6.29. The van der Waals surface area contributed by atoms with Crippen LogP contribution in [0.5, 0.6) is 0 Å². The zero-order valence-corrected chi connectivity index (χ0v) is 13.7. The fraction of sp³-hybridized carbons (Fsp3) is 0.929. The Kier molecular flexibility index (Phi) is 6.01. The van der Waals surface area contributed by atoms with Gasteiger partial charge in [0, 0.05) is 32.6 Å². The van der Waals surface area contributed by atoms with Crippen molar-refractivity contribution < 1.29 is 13.2 Å². The normalized spacial score (nSPS) is 25.1. The standard InChI is InChI=1S/C14H27N3O3S/c1-21(19,20)17-9-5-13(12-17)11-14(18)15-6-10-16-7-3-2-4-8-16/h13H,2-12H2,1H3,(H,15,18). The predicted octanol–water partition coefficient (Wildman–Crippen LogP) is 0.260. The van der Waals surface area contributed by atoms with Crippen LogP contribution in [-0.4, -0.2) is 69.1 Å². The van der Waals surface area contributed by atoms with Gasteiger partial charge in [-0.3, -0.25) is 4.79 Å². The Bertz CT molecular complexity index is 446. The molecule has 2 fully saturated rings. The smallest absolute Gasteiger partial charge is 0.220 e. The predicted molar refractivity (Wildman–Crippen MR) is 82.4 cm³/mol. The van der Waals surface area contributed by atoms with Crippen molar-refractivity contribution in [3.05, 3.63) is 0 Å². The van der Waals surface area contributed by atoms with E-state index in [-0.39, 0.29) is 11.8 Å². The highest BCUT2D eigenvalue weighted by Crippen LogP contribution is 2.21. The van der Waals surface area contributed by atoms with Crippen molar-refractivity contribution in [2.75, 3.05) is 45.5 Å². The maximum atomic E-state index is 11.9. The molecule has 0 saturated carbocycles. The minimum absolute atomic E-state index is 0.0485. The van der Waals surface area contributed by atoms with Gasteiger partial charge in [-0.1, -0.05) is 6.42 Å². The SMILES string of the molecule is CS(=O)(=O)N1CCC(CC(=O)NCCN2CCCCC2)C1. The minimum Gasteiger partial charge on any atom is -0.355 e. The van der Waals surface area contributed by atoms with Gasteiger partial charge >= 0.3 is 0 Å². The van der Waals surface area contributed by atoms with E-state index in [1.54, 1.807) is 0 Å². The summed E-state index contributed by atoms with van der Waals surface area (Å²) in [7, 11) is -3.11. The lowest BCUT2D eigenvalue weighted by molar-refractivity contribution is -0.121. The summed E-state index contributed by atoms with van der Waals surface area (Å²) >= 11 is 0. The van der Waals surface area contributed by atoms with Crippen LogP contribution >= 0.6 is 0 Å². The van der Waals surface area contributed by atoms with Crippen molar-refractivity contribution in [3.8, 4) is 0 Å². The molecule has 6 nitrogen and oxygen atoms in total. The van der Waals surface area contributed by atoms with E-state index in [1.807, 2.05) is 0 Å². The third-order valence-corrected chi connectivity index (χ3v) is 5.66. The first-order chi connectivity index (χ1) is 9.95. The molecule has 1 amide bonds. The van der Waals surface area contributed by atoms with Crippen molar-refractivity contribution in [3.63, 3.8) is 0 Å². The molecule has 2 saturated heterocycles. The van der Waals surface area contributed by atoms with Crippen LogP contribution in [0.4, 0.5) is 0 Å². The zero-order valence-electron chi connectivity index (χ0n) is 12.9. The first-order valence-corrected chi connectivity index (χ1v) is 9.74. The Hall–Kier alpha value is -0.660. The lowest BCUT2D eigenvalue weighted by Crippen LogP contribution is -2.38. The van der Waals surface area contributed by atoms with Gasteiger partial charge in [0.15, 0.2) is 0 Å². The molecular weight excluding hydrogens is 290 g/mol. The zero-order chi connectivity index (χ0) is 15.3. The first-order valence-electron chi connectivity index (χ1n) is 7.89. The van der Waals surface area contributed by atoms with Crippen LogP contribution in [0.25, 0.3) is 0 Å². The molecule has 0 aromatic heterocycles. The van der Waals surface area contributed by atoms with Crippen molar-refractivity contribution in [2.24, 2.45) is 5.92 Å². The second-order valence-corrected chi connectivity index (χ2v) is 8.21. The van der Waals surface area contributed by atoms with E-state index in [2.05, 4.69) is 10.2 Å². The van der Waals surface area contributed by atoms with Gasteiger partial charge < -0.3 is 10.2 Å². The Morgan fingerprint density at radius 3 is 2.52 bits per heavy atom. The summed E-state index contributed by atoms with van der Waals surface area (Å²) in [5.74, 6) is 0.210. The average molecular weight is 317 g/mol. The molecular formula is C14H27N3O3S. The van der Waals surface area contributed by atoms with E-state index in [1.165, 1.54) is 29.8 Å². The molecule has 0 aliphatic carbocycles. The second kappa shape index (κ2) is 7.56. The van der Waals surface area contributed by atoms with Gasteiger partial charge in [0.1, 0.15) is 0 Å².